The summed E-state index contributed by atoms with van der Waals surface area (Å²) in [5.74, 6) is 1.68. The summed E-state index contributed by atoms with van der Waals surface area (Å²) < 4.78 is 8.77. The summed E-state index contributed by atoms with van der Waals surface area (Å²) in [6.07, 6.45) is 4.31. The lowest BCUT2D eigenvalue weighted by Gasteiger charge is -2.06. The van der Waals surface area contributed by atoms with E-state index in [1.807, 2.05) is 22.8 Å². The average molecular weight is 317 g/mol. The molecule has 0 fully saturated rings. The molecule has 1 aromatic carbocycles. The summed E-state index contributed by atoms with van der Waals surface area (Å²) in [5, 5.41) is 0. The van der Waals surface area contributed by atoms with Crippen LogP contribution in [0.2, 0.25) is 0 Å². The maximum Gasteiger partial charge on any atom is 0.137 e. The molecule has 0 atom stereocenters. The third kappa shape index (κ3) is 1.92. The second-order valence-electron chi connectivity index (χ2n) is 4.26. The molecule has 96 valence electrons. The molecule has 2 aromatic rings. The van der Waals surface area contributed by atoms with Gasteiger partial charge in [0, 0.05) is 22.7 Å². The van der Waals surface area contributed by atoms with Crippen molar-refractivity contribution in [3.05, 3.63) is 47.3 Å². The molecule has 3 nitrogen and oxygen atoms in total. The number of aromatic nitrogens is 2. The Bertz CT molecular complexity index is 673. The number of fused-ring (bicyclic) bond motifs is 3. The van der Waals surface area contributed by atoms with Gasteiger partial charge in [0.1, 0.15) is 11.6 Å². The average Bonchev–Trinajstić information content (AvgIpc) is 2.69. The van der Waals surface area contributed by atoms with Crippen molar-refractivity contribution in [3.8, 4) is 17.0 Å². The summed E-state index contributed by atoms with van der Waals surface area (Å²) in [5.41, 5.74) is 3.07. The zero-order valence-corrected chi connectivity index (χ0v) is 12.0. The molecule has 19 heavy (non-hydrogen) atoms. The summed E-state index contributed by atoms with van der Waals surface area (Å²) in [6, 6.07) is 5.98. The maximum absolute atomic E-state index is 5.78. The van der Waals surface area contributed by atoms with Crippen molar-refractivity contribution in [2.24, 2.45) is 0 Å². The van der Waals surface area contributed by atoms with E-state index in [-0.39, 0.29) is 0 Å². The van der Waals surface area contributed by atoms with E-state index in [1.54, 1.807) is 12.3 Å². The zero-order chi connectivity index (χ0) is 13.4. The normalized spacial score (nSPS) is 12.9. The largest absolute Gasteiger partial charge is 0.492 e. The van der Waals surface area contributed by atoms with Gasteiger partial charge in [-0.05, 0) is 24.3 Å². The lowest BCUT2D eigenvalue weighted by atomic mass is 10.1. The Morgan fingerprint density at radius 3 is 2.95 bits per heavy atom. The SMILES string of the molecule is C=Cc1nc2c(n1C=C)CCOc1ccc(Br)cc1-2. The summed E-state index contributed by atoms with van der Waals surface area (Å²) in [4.78, 5) is 4.66. The van der Waals surface area contributed by atoms with Crippen LogP contribution >= 0.6 is 15.9 Å². The number of halogens is 1. The van der Waals surface area contributed by atoms with Crippen LogP contribution in [-0.4, -0.2) is 16.2 Å². The van der Waals surface area contributed by atoms with Crippen molar-refractivity contribution < 1.29 is 4.74 Å². The van der Waals surface area contributed by atoms with Crippen molar-refractivity contribution in [3.63, 3.8) is 0 Å². The van der Waals surface area contributed by atoms with E-state index in [2.05, 4.69) is 34.1 Å². The molecule has 3 rings (SSSR count). The van der Waals surface area contributed by atoms with Crippen molar-refractivity contribution in [1.82, 2.24) is 9.55 Å². The molecule has 0 radical (unpaired) electrons. The van der Waals surface area contributed by atoms with Gasteiger partial charge >= 0.3 is 0 Å². The van der Waals surface area contributed by atoms with E-state index in [1.165, 1.54) is 0 Å². The van der Waals surface area contributed by atoms with E-state index in [9.17, 15) is 0 Å². The van der Waals surface area contributed by atoms with Gasteiger partial charge in [-0.1, -0.05) is 29.1 Å². The van der Waals surface area contributed by atoms with Crippen LogP contribution in [0.25, 0.3) is 23.5 Å². The third-order valence-electron chi connectivity index (χ3n) is 3.20. The minimum Gasteiger partial charge on any atom is -0.492 e. The molecule has 1 aliphatic heterocycles. The molecule has 0 aliphatic carbocycles. The fourth-order valence-electron chi connectivity index (χ4n) is 2.36. The molecule has 0 spiro atoms. The molecule has 1 aliphatic rings. The van der Waals surface area contributed by atoms with E-state index in [0.717, 1.165) is 39.4 Å². The number of rotatable bonds is 2. The Balaban J connectivity index is 2.31. The molecular formula is C15H13BrN2O. The number of hydrogen-bond donors (Lipinski definition) is 0. The van der Waals surface area contributed by atoms with Crippen LogP contribution < -0.4 is 4.74 Å². The van der Waals surface area contributed by atoms with E-state index in [4.69, 9.17) is 4.74 Å². The van der Waals surface area contributed by atoms with Gasteiger partial charge in [0.25, 0.3) is 0 Å². The van der Waals surface area contributed by atoms with Crippen LogP contribution in [0.15, 0.2) is 35.8 Å². The maximum atomic E-state index is 5.78. The van der Waals surface area contributed by atoms with Gasteiger partial charge in [-0.25, -0.2) is 4.98 Å². The quantitative estimate of drug-likeness (QED) is 0.837. The standard InChI is InChI=1S/C15H13BrN2O/c1-3-14-17-15-11-9-10(16)5-6-13(11)19-8-7-12(15)18(14)4-2/h3-6,9H,1-2,7-8H2. The second kappa shape index (κ2) is 4.70. The van der Waals surface area contributed by atoms with Gasteiger partial charge in [-0.15, -0.1) is 0 Å². The highest BCUT2D eigenvalue weighted by atomic mass is 79.9. The highest BCUT2D eigenvalue weighted by Gasteiger charge is 2.22. The van der Waals surface area contributed by atoms with E-state index >= 15 is 0 Å². The van der Waals surface area contributed by atoms with Crippen molar-refractivity contribution in [2.45, 2.75) is 6.42 Å². The topological polar surface area (TPSA) is 27.1 Å². The summed E-state index contributed by atoms with van der Waals surface area (Å²) in [7, 11) is 0. The molecule has 0 N–H and O–H groups in total. The van der Waals surface area contributed by atoms with Crippen molar-refractivity contribution in [2.75, 3.05) is 6.61 Å². The Morgan fingerprint density at radius 1 is 1.37 bits per heavy atom. The number of hydrogen-bond acceptors (Lipinski definition) is 2. The van der Waals surface area contributed by atoms with Gasteiger partial charge in [-0.3, -0.25) is 0 Å². The second-order valence-corrected chi connectivity index (χ2v) is 5.18. The molecule has 2 heterocycles. The predicted molar refractivity (Wildman–Crippen MR) is 81.0 cm³/mol. The molecule has 4 heteroatoms. The van der Waals surface area contributed by atoms with Gasteiger partial charge < -0.3 is 9.30 Å². The van der Waals surface area contributed by atoms with Crippen LogP contribution in [0.1, 0.15) is 11.5 Å². The van der Waals surface area contributed by atoms with Crippen molar-refractivity contribution in [1.29, 1.82) is 0 Å². The minimum atomic E-state index is 0.637. The zero-order valence-electron chi connectivity index (χ0n) is 10.4. The Morgan fingerprint density at radius 2 is 2.21 bits per heavy atom. The van der Waals surface area contributed by atoms with Crippen LogP contribution in [0.3, 0.4) is 0 Å². The first-order chi connectivity index (χ1) is 9.24. The molecule has 0 unspecified atom stereocenters. The third-order valence-corrected chi connectivity index (χ3v) is 3.69. The molecule has 0 bridgehead atoms. The predicted octanol–water partition coefficient (Wildman–Crippen LogP) is 3.99. The Kier molecular flexibility index (Phi) is 3.03. The monoisotopic (exact) mass is 316 g/mol. The van der Waals surface area contributed by atoms with Gasteiger partial charge in [0.15, 0.2) is 0 Å². The highest BCUT2D eigenvalue weighted by Crippen LogP contribution is 2.37. The van der Waals surface area contributed by atoms with Crippen LogP contribution in [0, 0.1) is 0 Å². The lowest BCUT2D eigenvalue weighted by Crippen LogP contribution is -2.03. The summed E-state index contributed by atoms with van der Waals surface area (Å²) >= 11 is 3.50. The highest BCUT2D eigenvalue weighted by molar-refractivity contribution is 9.10. The number of ether oxygens (including phenoxy) is 1. The minimum absolute atomic E-state index is 0.637. The number of benzene rings is 1. The first kappa shape index (κ1) is 12.2. The van der Waals surface area contributed by atoms with E-state index < -0.39 is 0 Å². The fraction of sp³-hybridized carbons (Fsp3) is 0.133. The Labute approximate surface area is 120 Å². The number of imidazole rings is 1. The van der Waals surface area contributed by atoms with Crippen LogP contribution in [-0.2, 0) is 6.42 Å². The molecule has 0 saturated carbocycles. The molecule has 1 aromatic heterocycles. The first-order valence-electron chi connectivity index (χ1n) is 6.03. The lowest BCUT2D eigenvalue weighted by molar-refractivity contribution is 0.324. The van der Waals surface area contributed by atoms with Gasteiger partial charge in [0.05, 0.1) is 18.0 Å². The molecular weight excluding hydrogens is 304 g/mol. The summed E-state index contributed by atoms with van der Waals surface area (Å²) in [6.45, 7) is 8.29. The first-order valence-corrected chi connectivity index (χ1v) is 6.82. The van der Waals surface area contributed by atoms with E-state index in [0.29, 0.717) is 6.61 Å². The van der Waals surface area contributed by atoms with Crippen LogP contribution in [0.4, 0.5) is 0 Å². The fourth-order valence-corrected chi connectivity index (χ4v) is 2.72. The van der Waals surface area contributed by atoms with Crippen LogP contribution in [0.5, 0.6) is 5.75 Å². The van der Waals surface area contributed by atoms with Crippen molar-refractivity contribution >= 4 is 28.2 Å². The molecule has 0 saturated heterocycles. The Hall–Kier alpha value is -1.81. The van der Waals surface area contributed by atoms with Gasteiger partial charge in [0.2, 0.25) is 0 Å². The van der Waals surface area contributed by atoms with Gasteiger partial charge in [-0.2, -0.15) is 0 Å². The molecule has 0 amide bonds. The number of nitrogens with zero attached hydrogens (tertiary/aromatic N) is 2. The smallest absolute Gasteiger partial charge is 0.137 e.